The Morgan fingerprint density at radius 3 is 2.67 bits per heavy atom. The first-order valence-corrected chi connectivity index (χ1v) is 7.86. The number of ether oxygens (including phenoxy) is 3. The van der Waals surface area contributed by atoms with Gasteiger partial charge in [0.25, 0.3) is 5.91 Å². The fourth-order valence-corrected chi connectivity index (χ4v) is 2.59. The number of rotatable bonds is 4. The molecular weight excluding hydrogens is 391 g/mol. The number of alkyl halides is 3. The lowest BCUT2D eigenvalue weighted by Crippen LogP contribution is -2.22. The van der Waals surface area contributed by atoms with E-state index in [1.165, 1.54) is 24.3 Å². The molecule has 0 bridgehead atoms. The number of halogens is 4. The van der Waals surface area contributed by atoms with E-state index in [2.05, 4.69) is 5.32 Å². The van der Waals surface area contributed by atoms with Crippen LogP contribution in [0.4, 0.5) is 18.9 Å². The molecule has 1 heterocycles. The SMILES string of the molecule is O=C(COC(=O)c1cc(Cl)c2c(c1)OCO2)Nc1ccccc1C(F)(F)F. The van der Waals surface area contributed by atoms with Crippen molar-refractivity contribution in [1.82, 2.24) is 0 Å². The molecule has 0 saturated heterocycles. The van der Waals surface area contributed by atoms with Gasteiger partial charge in [-0.15, -0.1) is 0 Å². The Morgan fingerprint density at radius 2 is 1.93 bits per heavy atom. The Bertz CT molecular complexity index is 901. The second kappa shape index (κ2) is 7.36. The highest BCUT2D eigenvalue weighted by Gasteiger charge is 2.33. The second-order valence-corrected chi connectivity index (χ2v) is 5.77. The average Bonchev–Trinajstić information content (AvgIpc) is 3.08. The van der Waals surface area contributed by atoms with Crippen LogP contribution in [-0.4, -0.2) is 25.3 Å². The molecule has 0 saturated carbocycles. The van der Waals surface area contributed by atoms with Crippen molar-refractivity contribution in [2.45, 2.75) is 6.18 Å². The van der Waals surface area contributed by atoms with Gasteiger partial charge in [-0.25, -0.2) is 4.79 Å². The van der Waals surface area contributed by atoms with Crippen molar-refractivity contribution in [1.29, 1.82) is 0 Å². The van der Waals surface area contributed by atoms with Gasteiger partial charge in [-0.2, -0.15) is 13.2 Å². The van der Waals surface area contributed by atoms with Gasteiger partial charge in [-0.05, 0) is 24.3 Å². The van der Waals surface area contributed by atoms with E-state index in [0.717, 1.165) is 12.1 Å². The van der Waals surface area contributed by atoms with Crippen molar-refractivity contribution in [3.05, 3.63) is 52.5 Å². The van der Waals surface area contributed by atoms with Crippen molar-refractivity contribution >= 4 is 29.2 Å². The number of benzene rings is 2. The number of esters is 1. The minimum absolute atomic E-state index is 0.00717. The van der Waals surface area contributed by atoms with Crippen LogP contribution >= 0.6 is 11.6 Å². The van der Waals surface area contributed by atoms with Gasteiger partial charge in [-0.3, -0.25) is 4.79 Å². The van der Waals surface area contributed by atoms with E-state index in [-0.39, 0.29) is 28.9 Å². The largest absolute Gasteiger partial charge is 0.454 e. The van der Waals surface area contributed by atoms with E-state index >= 15 is 0 Å². The second-order valence-electron chi connectivity index (χ2n) is 5.36. The Morgan fingerprint density at radius 1 is 1.19 bits per heavy atom. The monoisotopic (exact) mass is 401 g/mol. The Balaban J connectivity index is 1.64. The number of nitrogens with one attached hydrogen (secondary N) is 1. The van der Waals surface area contributed by atoms with Crippen molar-refractivity contribution in [3.63, 3.8) is 0 Å². The van der Waals surface area contributed by atoms with E-state index < -0.39 is 35.9 Å². The molecule has 0 aliphatic carbocycles. The molecule has 10 heteroatoms. The molecule has 27 heavy (non-hydrogen) atoms. The normalized spacial score (nSPS) is 12.6. The van der Waals surface area contributed by atoms with Crippen molar-refractivity contribution < 1.29 is 37.0 Å². The molecular formula is C17H11ClF3NO5. The van der Waals surface area contributed by atoms with E-state index in [1.54, 1.807) is 0 Å². The summed E-state index contributed by atoms with van der Waals surface area (Å²) in [7, 11) is 0. The van der Waals surface area contributed by atoms with Crippen LogP contribution in [0.2, 0.25) is 5.02 Å². The molecule has 0 aromatic heterocycles. The Kier molecular flexibility index (Phi) is 5.13. The highest BCUT2D eigenvalue weighted by atomic mass is 35.5. The third kappa shape index (κ3) is 4.25. The number of carbonyl (C=O) groups excluding carboxylic acids is 2. The molecule has 1 N–H and O–H groups in total. The fraction of sp³-hybridized carbons (Fsp3) is 0.176. The molecule has 6 nitrogen and oxygen atoms in total. The van der Waals surface area contributed by atoms with Crippen molar-refractivity contribution in [2.75, 3.05) is 18.7 Å². The summed E-state index contributed by atoms with van der Waals surface area (Å²) in [5.41, 5.74) is -1.43. The minimum Gasteiger partial charge on any atom is -0.454 e. The molecule has 0 radical (unpaired) electrons. The minimum atomic E-state index is -4.64. The number of para-hydroxylation sites is 1. The number of anilines is 1. The summed E-state index contributed by atoms with van der Waals surface area (Å²) in [4.78, 5) is 23.9. The molecule has 0 fully saturated rings. The van der Waals surface area contributed by atoms with Crippen LogP contribution in [0.25, 0.3) is 0 Å². The molecule has 0 spiro atoms. The number of hydrogen-bond donors (Lipinski definition) is 1. The fourth-order valence-electron chi connectivity index (χ4n) is 2.33. The summed E-state index contributed by atoms with van der Waals surface area (Å²) in [6.07, 6.45) is -4.64. The van der Waals surface area contributed by atoms with Crippen LogP contribution in [-0.2, 0) is 15.7 Å². The topological polar surface area (TPSA) is 73.9 Å². The summed E-state index contributed by atoms with van der Waals surface area (Å²) in [5.74, 6) is -1.28. The highest BCUT2D eigenvalue weighted by Crippen LogP contribution is 2.40. The summed E-state index contributed by atoms with van der Waals surface area (Å²) in [6, 6.07) is 7.06. The molecule has 142 valence electrons. The maximum atomic E-state index is 12.9. The molecule has 1 aliphatic heterocycles. The molecule has 1 aliphatic rings. The zero-order valence-corrected chi connectivity index (χ0v) is 14.2. The molecule has 1 amide bonds. The number of hydrogen-bond acceptors (Lipinski definition) is 5. The van der Waals surface area contributed by atoms with Gasteiger partial charge in [0, 0.05) is 0 Å². The van der Waals surface area contributed by atoms with Crippen LogP contribution in [0.3, 0.4) is 0 Å². The van der Waals surface area contributed by atoms with Crippen LogP contribution < -0.4 is 14.8 Å². The predicted octanol–water partition coefficient (Wildman–Crippen LogP) is 3.88. The Hall–Kier alpha value is -2.94. The zero-order valence-electron chi connectivity index (χ0n) is 13.4. The van der Waals surface area contributed by atoms with E-state index in [4.69, 9.17) is 25.8 Å². The maximum Gasteiger partial charge on any atom is 0.418 e. The van der Waals surface area contributed by atoms with E-state index in [9.17, 15) is 22.8 Å². The lowest BCUT2D eigenvalue weighted by Gasteiger charge is -2.13. The highest BCUT2D eigenvalue weighted by molar-refractivity contribution is 6.32. The molecule has 0 atom stereocenters. The quantitative estimate of drug-likeness (QED) is 0.787. The third-order valence-electron chi connectivity index (χ3n) is 3.50. The van der Waals surface area contributed by atoms with Gasteiger partial charge in [0.2, 0.25) is 6.79 Å². The molecule has 2 aromatic rings. The van der Waals surface area contributed by atoms with Crippen LogP contribution in [0, 0.1) is 0 Å². The summed E-state index contributed by atoms with van der Waals surface area (Å²) in [5, 5.41) is 2.20. The number of carbonyl (C=O) groups is 2. The van der Waals surface area contributed by atoms with Gasteiger partial charge in [0.1, 0.15) is 0 Å². The van der Waals surface area contributed by atoms with Gasteiger partial charge in [0.15, 0.2) is 18.1 Å². The molecule has 2 aromatic carbocycles. The summed E-state index contributed by atoms with van der Waals surface area (Å²) < 4.78 is 53.8. The first kappa shape index (κ1) is 18.8. The summed E-state index contributed by atoms with van der Waals surface area (Å²) >= 11 is 5.95. The first-order chi connectivity index (χ1) is 12.8. The first-order valence-electron chi connectivity index (χ1n) is 7.48. The van der Waals surface area contributed by atoms with E-state index in [0.29, 0.717) is 0 Å². The van der Waals surface area contributed by atoms with Gasteiger partial charge in [0.05, 0.1) is 21.8 Å². The van der Waals surface area contributed by atoms with Gasteiger partial charge in [-0.1, -0.05) is 23.7 Å². The summed E-state index contributed by atoms with van der Waals surface area (Å²) in [6.45, 7) is -0.828. The smallest absolute Gasteiger partial charge is 0.418 e. The number of fused-ring (bicyclic) bond motifs is 1. The van der Waals surface area contributed by atoms with Crippen molar-refractivity contribution in [2.24, 2.45) is 0 Å². The number of amides is 1. The predicted molar refractivity (Wildman–Crippen MR) is 87.9 cm³/mol. The zero-order chi connectivity index (χ0) is 19.6. The molecule has 3 rings (SSSR count). The lowest BCUT2D eigenvalue weighted by atomic mass is 10.1. The molecule has 0 unspecified atom stereocenters. The van der Waals surface area contributed by atoms with Crippen molar-refractivity contribution in [3.8, 4) is 11.5 Å². The van der Waals surface area contributed by atoms with Gasteiger partial charge >= 0.3 is 12.1 Å². The van der Waals surface area contributed by atoms with Crippen LogP contribution in [0.15, 0.2) is 36.4 Å². The van der Waals surface area contributed by atoms with Crippen LogP contribution in [0.5, 0.6) is 11.5 Å². The van der Waals surface area contributed by atoms with Gasteiger partial charge < -0.3 is 19.5 Å². The standard InChI is InChI=1S/C17H11ClF3NO5/c18-11-5-9(6-13-15(11)27-8-26-13)16(24)25-7-14(23)22-12-4-2-1-3-10(12)17(19,20)21/h1-6H,7-8H2,(H,22,23). The average molecular weight is 402 g/mol. The van der Waals surface area contributed by atoms with E-state index in [1.807, 2.05) is 0 Å². The maximum absolute atomic E-state index is 12.9. The lowest BCUT2D eigenvalue weighted by molar-refractivity contribution is -0.137. The third-order valence-corrected chi connectivity index (χ3v) is 3.78. The van der Waals surface area contributed by atoms with Crippen LogP contribution in [0.1, 0.15) is 15.9 Å². The Labute approximate surface area is 155 Å².